The molecule has 8 heteroatoms. The van der Waals surface area contributed by atoms with E-state index in [9.17, 15) is 13.2 Å². The Bertz CT molecular complexity index is 863. The number of benzene rings is 2. The largest absolute Gasteiger partial charge is 0.497 e. The van der Waals surface area contributed by atoms with Crippen LogP contribution < -0.4 is 14.2 Å². The zero-order valence-corrected chi connectivity index (χ0v) is 14.9. The quantitative estimate of drug-likeness (QED) is 0.759. The van der Waals surface area contributed by atoms with E-state index in [4.69, 9.17) is 14.2 Å². The molecule has 25 heavy (non-hydrogen) atoms. The Hall–Kier alpha value is -2.74. The number of methoxy groups -OCH3 is 2. The molecule has 0 unspecified atom stereocenters. The molecular weight excluding hydrogens is 346 g/mol. The van der Waals surface area contributed by atoms with E-state index in [2.05, 4.69) is 4.72 Å². The maximum absolute atomic E-state index is 12.7. The molecule has 134 valence electrons. The van der Waals surface area contributed by atoms with E-state index in [1.54, 1.807) is 25.1 Å². The highest BCUT2D eigenvalue weighted by Gasteiger charge is 2.21. The van der Waals surface area contributed by atoms with Gasteiger partial charge in [-0.15, -0.1) is 0 Å². The molecular formula is C17H19NO6S. The van der Waals surface area contributed by atoms with Crippen LogP contribution in [0, 0.1) is 0 Å². The lowest BCUT2D eigenvalue weighted by atomic mass is 10.2. The van der Waals surface area contributed by atoms with Crippen LogP contribution in [0.25, 0.3) is 0 Å². The zero-order valence-electron chi connectivity index (χ0n) is 14.1. The molecule has 0 atom stereocenters. The van der Waals surface area contributed by atoms with Crippen LogP contribution >= 0.6 is 0 Å². The van der Waals surface area contributed by atoms with E-state index in [1.807, 2.05) is 0 Å². The molecule has 2 aromatic carbocycles. The van der Waals surface area contributed by atoms with E-state index >= 15 is 0 Å². The van der Waals surface area contributed by atoms with Gasteiger partial charge < -0.3 is 14.2 Å². The van der Waals surface area contributed by atoms with Crippen LogP contribution in [0.2, 0.25) is 0 Å². The van der Waals surface area contributed by atoms with Gasteiger partial charge in [-0.25, -0.2) is 13.2 Å². The Balaban J connectivity index is 2.36. The fourth-order valence-corrected chi connectivity index (χ4v) is 3.36. The Morgan fingerprint density at radius 1 is 1.08 bits per heavy atom. The summed E-state index contributed by atoms with van der Waals surface area (Å²) in [6.07, 6.45) is 0. The first kappa shape index (κ1) is 18.6. The zero-order chi connectivity index (χ0) is 18.4. The van der Waals surface area contributed by atoms with Gasteiger partial charge in [-0.1, -0.05) is 6.07 Å². The molecule has 0 radical (unpaired) electrons. The number of hydrogen-bond donors (Lipinski definition) is 1. The molecule has 2 aromatic rings. The molecule has 0 bridgehead atoms. The third-order valence-corrected chi connectivity index (χ3v) is 4.69. The molecule has 7 nitrogen and oxygen atoms in total. The van der Waals surface area contributed by atoms with Gasteiger partial charge in [0.25, 0.3) is 10.0 Å². The van der Waals surface area contributed by atoms with Crippen molar-refractivity contribution in [1.82, 2.24) is 0 Å². The van der Waals surface area contributed by atoms with Gasteiger partial charge in [0.2, 0.25) is 0 Å². The number of nitrogens with one attached hydrogen (secondary N) is 1. The molecule has 0 saturated carbocycles. The van der Waals surface area contributed by atoms with E-state index in [0.717, 1.165) is 0 Å². The molecule has 0 fully saturated rings. The van der Waals surface area contributed by atoms with Crippen LogP contribution in [0.3, 0.4) is 0 Å². The lowest BCUT2D eigenvalue weighted by Crippen LogP contribution is -2.15. The van der Waals surface area contributed by atoms with Crippen LogP contribution in [-0.4, -0.2) is 35.2 Å². The topological polar surface area (TPSA) is 90.9 Å². The van der Waals surface area contributed by atoms with Crippen molar-refractivity contribution in [2.75, 3.05) is 25.5 Å². The van der Waals surface area contributed by atoms with Crippen molar-refractivity contribution in [3.05, 3.63) is 48.0 Å². The Morgan fingerprint density at radius 3 is 2.48 bits per heavy atom. The van der Waals surface area contributed by atoms with Crippen LogP contribution in [0.4, 0.5) is 5.69 Å². The second kappa shape index (κ2) is 7.89. The molecule has 2 rings (SSSR count). The smallest absolute Gasteiger partial charge is 0.338 e. The highest BCUT2D eigenvalue weighted by molar-refractivity contribution is 7.92. The maximum atomic E-state index is 12.7. The van der Waals surface area contributed by atoms with Gasteiger partial charge >= 0.3 is 5.97 Å². The van der Waals surface area contributed by atoms with Crippen LogP contribution in [0.1, 0.15) is 17.3 Å². The molecule has 0 aliphatic heterocycles. The Kier molecular flexibility index (Phi) is 5.87. The van der Waals surface area contributed by atoms with Crippen molar-refractivity contribution >= 4 is 21.7 Å². The number of esters is 1. The van der Waals surface area contributed by atoms with Crippen molar-refractivity contribution in [3.63, 3.8) is 0 Å². The number of carbonyl (C=O) groups excluding carboxylic acids is 1. The fraction of sp³-hybridized carbons (Fsp3) is 0.235. The summed E-state index contributed by atoms with van der Waals surface area (Å²) >= 11 is 0. The third kappa shape index (κ3) is 4.42. The van der Waals surface area contributed by atoms with Crippen LogP contribution in [-0.2, 0) is 14.8 Å². The van der Waals surface area contributed by atoms with Gasteiger partial charge in [-0.3, -0.25) is 4.72 Å². The van der Waals surface area contributed by atoms with Gasteiger partial charge in [0.1, 0.15) is 16.4 Å². The Morgan fingerprint density at radius 2 is 1.84 bits per heavy atom. The summed E-state index contributed by atoms with van der Waals surface area (Å²) < 4.78 is 42.9. The molecule has 0 aliphatic carbocycles. The molecule has 1 N–H and O–H groups in total. The normalized spacial score (nSPS) is 10.8. The minimum atomic E-state index is -3.95. The number of ether oxygens (including phenoxy) is 3. The predicted octanol–water partition coefficient (Wildman–Crippen LogP) is 2.68. The summed E-state index contributed by atoms with van der Waals surface area (Å²) in [4.78, 5) is 11.7. The average molecular weight is 365 g/mol. The van der Waals surface area contributed by atoms with Crippen molar-refractivity contribution in [2.45, 2.75) is 11.8 Å². The van der Waals surface area contributed by atoms with Crippen LogP contribution in [0.15, 0.2) is 47.4 Å². The highest BCUT2D eigenvalue weighted by atomic mass is 32.2. The van der Waals surface area contributed by atoms with Crippen molar-refractivity contribution < 1.29 is 27.4 Å². The summed E-state index contributed by atoms with van der Waals surface area (Å²) in [5, 5.41) is 0. The second-order valence-corrected chi connectivity index (χ2v) is 6.57. The summed E-state index contributed by atoms with van der Waals surface area (Å²) in [6, 6.07) is 10.5. The first-order chi connectivity index (χ1) is 11.9. The molecule has 0 heterocycles. The van der Waals surface area contributed by atoms with E-state index in [0.29, 0.717) is 5.75 Å². The summed E-state index contributed by atoms with van der Waals surface area (Å²) in [6.45, 7) is 1.93. The molecule has 0 saturated heterocycles. The lowest BCUT2D eigenvalue weighted by molar-refractivity contribution is 0.0526. The lowest BCUT2D eigenvalue weighted by Gasteiger charge is -2.13. The van der Waals surface area contributed by atoms with Crippen molar-refractivity contribution in [3.8, 4) is 11.5 Å². The molecule has 0 spiro atoms. The number of sulfonamides is 1. The van der Waals surface area contributed by atoms with E-state index < -0.39 is 16.0 Å². The molecule has 0 amide bonds. The van der Waals surface area contributed by atoms with Gasteiger partial charge in [0, 0.05) is 11.8 Å². The first-order valence-electron chi connectivity index (χ1n) is 7.43. The minimum Gasteiger partial charge on any atom is -0.497 e. The predicted molar refractivity (Wildman–Crippen MR) is 92.8 cm³/mol. The fourth-order valence-electron chi connectivity index (χ4n) is 2.13. The van der Waals surface area contributed by atoms with Gasteiger partial charge in [0.15, 0.2) is 0 Å². The Labute approximate surface area is 146 Å². The van der Waals surface area contributed by atoms with Crippen LogP contribution in [0.5, 0.6) is 11.5 Å². The number of hydrogen-bond acceptors (Lipinski definition) is 6. The third-order valence-electron chi connectivity index (χ3n) is 3.29. The van der Waals surface area contributed by atoms with Gasteiger partial charge in [-0.05, 0) is 37.3 Å². The SMILES string of the molecule is CCOC(=O)c1cccc(NS(=O)(=O)c2cc(OC)ccc2OC)c1. The molecule has 0 aromatic heterocycles. The number of rotatable bonds is 7. The standard InChI is InChI=1S/C17H19NO6S/c1-4-24-17(19)12-6-5-7-13(10-12)18-25(20,21)16-11-14(22-2)8-9-15(16)23-3/h5-11,18H,4H2,1-3H3. The summed E-state index contributed by atoms with van der Waals surface area (Å²) in [5.74, 6) is 0.0267. The second-order valence-electron chi connectivity index (χ2n) is 4.92. The summed E-state index contributed by atoms with van der Waals surface area (Å²) in [5.41, 5.74) is 0.482. The van der Waals surface area contributed by atoms with Crippen molar-refractivity contribution in [2.24, 2.45) is 0 Å². The van der Waals surface area contributed by atoms with Crippen molar-refractivity contribution in [1.29, 1.82) is 0 Å². The van der Waals surface area contributed by atoms with E-state index in [-0.39, 0.29) is 28.5 Å². The van der Waals surface area contributed by atoms with E-state index in [1.165, 1.54) is 38.5 Å². The van der Waals surface area contributed by atoms with Gasteiger partial charge in [0.05, 0.1) is 26.4 Å². The minimum absolute atomic E-state index is 0.0733. The average Bonchev–Trinajstić information content (AvgIpc) is 2.61. The maximum Gasteiger partial charge on any atom is 0.338 e. The number of carbonyl (C=O) groups is 1. The highest BCUT2D eigenvalue weighted by Crippen LogP contribution is 2.29. The first-order valence-corrected chi connectivity index (χ1v) is 8.91. The number of anilines is 1. The van der Waals surface area contributed by atoms with Gasteiger partial charge in [-0.2, -0.15) is 0 Å². The monoisotopic (exact) mass is 365 g/mol. The molecule has 0 aliphatic rings. The summed E-state index contributed by atoms with van der Waals surface area (Å²) in [7, 11) is -1.13.